The molecule has 3 rings (SSSR count). The van der Waals surface area contributed by atoms with Crippen LogP contribution in [-0.4, -0.2) is 36.3 Å². The highest BCUT2D eigenvalue weighted by atomic mass is 16.7. The molecule has 2 aliphatic rings. The van der Waals surface area contributed by atoms with Crippen molar-refractivity contribution in [2.24, 2.45) is 0 Å². The lowest BCUT2D eigenvalue weighted by Gasteiger charge is -2.32. The zero-order valence-electron chi connectivity index (χ0n) is 13.9. The minimum absolute atomic E-state index is 0.259. The summed E-state index contributed by atoms with van der Waals surface area (Å²) in [6, 6.07) is 6.59. The van der Waals surface area contributed by atoms with E-state index in [2.05, 4.69) is 57.7 Å². The predicted octanol–water partition coefficient (Wildman–Crippen LogP) is 2.50. The maximum atomic E-state index is 6.15. The van der Waals surface area contributed by atoms with Crippen LogP contribution in [0.2, 0.25) is 0 Å². The summed E-state index contributed by atoms with van der Waals surface area (Å²) in [6.07, 6.45) is 1.33. The molecule has 0 amide bonds. The molecule has 1 aromatic carbocycles. The minimum Gasteiger partial charge on any atom is -0.399 e. The first-order chi connectivity index (χ1) is 9.78. The second-order valence-corrected chi connectivity index (χ2v) is 7.40. The van der Waals surface area contributed by atoms with Crippen LogP contribution in [0.25, 0.3) is 0 Å². The van der Waals surface area contributed by atoms with Gasteiger partial charge in [-0.25, -0.2) is 0 Å². The number of benzene rings is 1. The van der Waals surface area contributed by atoms with Crippen molar-refractivity contribution in [1.29, 1.82) is 0 Å². The molecule has 1 aromatic rings. The topological polar surface area (TPSA) is 21.7 Å². The third-order valence-electron chi connectivity index (χ3n) is 5.24. The third-order valence-corrected chi connectivity index (χ3v) is 5.24. The van der Waals surface area contributed by atoms with Crippen LogP contribution in [0.1, 0.15) is 45.2 Å². The summed E-state index contributed by atoms with van der Waals surface area (Å²) in [5.41, 5.74) is 3.32. The Morgan fingerprint density at radius 3 is 2.24 bits per heavy atom. The van der Waals surface area contributed by atoms with E-state index in [1.54, 1.807) is 0 Å². The zero-order chi connectivity index (χ0) is 15.3. The lowest BCUT2D eigenvalue weighted by atomic mass is 9.77. The molecule has 0 N–H and O–H groups in total. The van der Waals surface area contributed by atoms with Gasteiger partial charge < -0.3 is 9.31 Å². The summed E-state index contributed by atoms with van der Waals surface area (Å²) in [5.74, 6) is 0. The first-order valence-corrected chi connectivity index (χ1v) is 7.96. The van der Waals surface area contributed by atoms with Crippen LogP contribution in [0, 0.1) is 6.92 Å². The summed E-state index contributed by atoms with van der Waals surface area (Å²) in [6.45, 7) is 14.1. The molecule has 21 heavy (non-hydrogen) atoms. The fourth-order valence-electron chi connectivity index (χ4n) is 2.77. The molecule has 0 atom stereocenters. The van der Waals surface area contributed by atoms with E-state index in [0.717, 1.165) is 12.0 Å². The molecular formula is C17H26BNO2. The monoisotopic (exact) mass is 287 g/mol. The van der Waals surface area contributed by atoms with Gasteiger partial charge in [-0.2, -0.15) is 0 Å². The molecule has 0 aliphatic carbocycles. The molecule has 2 aliphatic heterocycles. The van der Waals surface area contributed by atoms with Gasteiger partial charge in [0, 0.05) is 6.54 Å². The van der Waals surface area contributed by atoms with Gasteiger partial charge in [-0.1, -0.05) is 18.2 Å². The zero-order valence-corrected chi connectivity index (χ0v) is 13.9. The van der Waals surface area contributed by atoms with E-state index in [9.17, 15) is 0 Å². The summed E-state index contributed by atoms with van der Waals surface area (Å²) < 4.78 is 12.3. The molecule has 2 heterocycles. The van der Waals surface area contributed by atoms with Gasteiger partial charge in [-0.15, -0.1) is 0 Å². The second-order valence-electron chi connectivity index (χ2n) is 7.40. The molecule has 0 unspecified atom stereocenters. The van der Waals surface area contributed by atoms with Gasteiger partial charge in [0.15, 0.2) is 0 Å². The van der Waals surface area contributed by atoms with Crippen LogP contribution in [0.15, 0.2) is 18.2 Å². The van der Waals surface area contributed by atoms with Crippen LogP contribution in [0.3, 0.4) is 0 Å². The number of rotatable bonds is 3. The normalized spacial score (nSPS) is 24.1. The SMILES string of the molecule is Cc1ccc(B2OC(C)(C)C(C)(C)O2)cc1CN1CCC1. The molecule has 2 saturated heterocycles. The third kappa shape index (κ3) is 2.77. The lowest BCUT2D eigenvalue weighted by molar-refractivity contribution is 0.00578. The average Bonchev–Trinajstić information content (AvgIpc) is 2.55. The molecule has 0 saturated carbocycles. The Morgan fingerprint density at radius 1 is 1.10 bits per heavy atom. The number of hydrogen-bond acceptors (Lipinski definition) is 3. The van der Waals surface area contributed by atoms with Gasteiger partial charge in [0.1, 0.15) is 0 Å². The van der Waals surface area contributed by atoms with E-state index in [-0.39, 0.29) is 18.3 Å². The van der Waals surface area contributed by atoms with Gasteiger partial charge in [-0.05, 0) is 70.7 Å². The maximum Gasteiger partial charge on any atom is 0.494 e. The first kappa shape index (κ1) is 15.1. The Bertz CT molecular complexity index is 522. The maximum absolute atomic E-state index is 6.15. The smallest absolute Gasteiger partial charge is 0.399 e. The fourth-order valence-corrected chi connectivity index (χ4v) is 2.77. The Hall–Kier alpha value is -0.835. The highest BCUT2D eigenvalue weighted by Gasteiger charge is 2.51. The molecular weight excluding hydrogens is 261 g/mol. The van der Waals surface area contributed by atoms with E-state index in [4.69, 9.17) is 9.31 Å². The van der Waals surface area contributed by atoms with Crippen LogP contribution < -0.4 is 5.46 Å². The number of aryl methyl sites for hydroxylation is 1. The first-order valence-electron chi connectivity index (χ1n) is 7.96. The summed E-state index contributed by atoms with van der Waals surface area (Å²) in [7, 11) is -0.259. The fraction of sp³-hybridized carbons (Fsp3) is 0.647. The molecule has 3 nitrogen and oxygen atoms in total. The average molecular weight is 287 g/mol. The quantitative estimate of drug-likeness (QED) is 0.797. The van der Waals surface area contributed by atoms with Crippen molar-refractivity contribution < 1.29 is 9.31 Å². The Balaban J connectivity index is 1.81. The lowest BCUT2D eigenvalue weighted by Crippen LogP contribution is -2.41. The van der Waals surface area contributed by atoms with Crippen LogP contribution in [-0.2, 0) is 15.9 Å². The number of likely N-dealkylation sites (tertiary alicyclic amines) is 1. The van der Waals surface area contributed by atoms with Crippen molar-refractivity contribution in [3.05, 3.63) is 29.3 Å². The van der Waals surface area contributed by atoms with Gasteiger partial charge in [-0.3, -0.25) is 4.90 Å². The molecule has 0 aromatic heterocycles. The molecule has 114 valence electrons. The largest absolute Gasteiger partial charge is 0.494 e. The molecule has 4 heteroatoms. The number of nitrogens with zero attached hydrogens (tertiary/aromatic N) is 1. The number of hydrogen-bond donors (Lipinski definition) is 0. The molecule has 0 radical (unpaired) electrons. The van der Waals surface area contributed by atoms with Crippen molar-refractivity contribution in [2.45, 2.75) is 58.8 Å². The van der Waals surface area contributed by atoms with E-state index in [1.165, 1.54) is 30.6 Å². The molecule has 2 fully saturated rings. The van der Waals surface area contributed by atoms with Gasteiger partial charge in [0.25, 0.3) is 0 Å². The van der Waals surface area contributed by atoms with E-state index in [0.29, 0.717) is 0 Å². The van der Waals surface area contributed by atoms with Gasteiger partial charge >= 0.3 is 7.12 Å². The van der Waals surface area contributed by atoms with Crippen molar-refractivity contribution in [1.82, 2.24) is 4.90 Å². The molecule has 0 spiro atoms. The summed E-state index contributed by atoms with van der Waals surface area (Å²) in [5, 5.41) is 0. The Labute approximate surface area is 128 Å². The highest BCUT2D eigenvalue weighted by molar-refractivity contribution is 6.62. The molecule has 0 bridgehead atoms. The summed E-state index contributed by atoms with van der Waals surface area (Å²) in [4.78, 5) is 2.48. The van der Waals surface area contributed by atoms with Crippen molar-refractivity contribution >= 4 is 12.6 Å². The summed E-state index contributed by atoms with van der Waals surface area (Å²) >= 11 is 0. The highest BCUT2D eigenvalue weighted by Crippen LogP contribution is 2.36. The van der Waals surface area contributed by atoms with Crippen LogP contribution >= 0.6 is 0 Å². The second kappa shape index (κ2) is 5.11. The minimum atomic E-state index is -0.278. The van der Waals surface area contributed by atoms with Crippen LogP contribution in [0.5, 0.6) is 0 Å². The Morgan fingerprint density at radius 2 is 1.71 bits per heavy atom. The van der Waals surface area contributed by atoms with Crippen molar-refractivity contribution in [3.63, 3.8) is 0 Å². The Kier molecular flexibility index (Phi) is 3.67. The van der Waals surface area contributed by atoms with Gasteiger partial charge in [0.2, 0.25) is 0 Å². The van der Waals surface area contributed by atoms with E-state index < -0.39 is 0 Å². The predicted molar refractivity (Wildman–Crippen MR) is 86.8 cm³/mol. The van der Waals surface area contributed by atoms with E-state index in [1.807, 2.05) is 0 Å². The standard InChI is InChI=1S/C17H26BNO2/c1-13-7-8-15(11-14(13)12-19-9-6-10-19)18-20-16(2,3)17(4,5)21-18/h7-8,11H,6,9-10,12H2,1-5H3. The van der Waals surface area contributed by atoms with Crippen LogP contribution in [0.4, 0.5) is 0 Å². The van der Waals surface area contributed by atoms with Crippen molar-refractivity contribution in [3.8, 4) is 0 Å². The van der Waals surface area contributed by atoms with Gasteiger partial charge in [0.05, 0.1) is 11.2 Å². The van der Waals surface area contributed by atoms with E-state index >= 15 is 0 Å². The van der Waals surface area contributed by atoms with Crippen molar-refractivity contribution in [2.75, 3.05) is 13.1 Å².